The van der Waals surface area contributed by atoms with Gasteiger partial charge in [0.15, 0.2) is 5.13 Å². The second kappa shape index (κ2) is 5.50. The van der Waals surface area contributed by atoms with Gasteiger partial charge in [-0.05, 0) is 18.6 Å². The molecule has 2 rings (SSSR count). The Labute approximate surface area is 120 Å². The van der Waals surface area contributed by atoms with Crippen molar-refractivity contribution in [3.05, 3.63) is 23.0 Å². The zero-order valence-electron chi connectivity index (χ0n) is 9.34. The van der Waals surface area contributed by atoms with E-state index >= 15 is 0 Å². The fourth-order valence-corrected chi connectivity index (χ4v) is 2.72. The average molecular weight is 352 g/mol. The number of hydrogen-bond acceptors (Lipinski definition) is 3. The molecule has 1 unspecified atom stereocenters. The highest BCUT2D eigenvalue weighted by molar-refractivity contribution is 9.10. The molecule has 1 aromatic carbocycles. The van der Waals surface area contributed by atoms with Gasteiger partial charge in [-0.2, -0.15) is 0 Å². The zero-order valence-corrected chi connectivity index (χ0v) is 12.5. The van der Waals surface area contributed by atoms with Gasteiger partial charge in [0.05, 0.1) is 14.5 Å². The van der Waals surface area contributed by atoms with Crippen LogP contribution in [0.15, 0.2) is 12.1 Å². The van der Waals surface area contributed by atoms with Crippen molar-refractivity contribution in [2.75, 3.05) is 5.32 Å². The molecule has 96 valence electrons. The second-order valence-corrected chi connectivity index (χ2v) is 6.16. The molecule has 3 nitrogen and oxygen atoms in total. The first-order chi connectivity index (χ1) is 8.51. The molecule has 1 heterocycles. The van der Waals surface area contributed by atoms with Crippen LogP contribution in [0.2, 0.25) is 5.02 Å². The lowest BCUT2D eigenvalue weighted by Crippen LogP contribution is -2.21. The van der Waals surface area contributed by atoms with E-state index in [1.54, 1.807) is 0 Å². The molecule has 7 heteroatoms. The number of hydrogen-bond donors (Lipinski definition) is 1. The fraction of sp³-hybridized carbons (Fsp3) is 0.273. The van der Waals surface area contributed by atoms with Crippen molar-refractivity contribution in [2.24, 2.45) is 0 Å². The lowest BCUT2D eigenvalue weighted by Gasteiger charge is -2.04. The molecule has 0 fully saturated rings. The summed E-state index contributed by atoms with van der Waals surface area (Å²) in [6.07, 6.45) is 0.673. The molecule has 0 aliphatic heterocycles. The number of thiazole rings is 1. The van der Waals surface area contributed by atoms with Crippen molar-refractivity contribution in [3.63, 3.8) is 0 Å². The Bertz CT molecular complexity index is 604. The first kappa shape index (κ1) is 13.7. The predicted octanol–water partition coefficient (Wildman–Crippen LogP) is 4.20. The number of anilines is 1. The van der Waals surface area contributed by atoms with Gasteiger partial charge in [-0.25, -0.2) is 9.37 Å². The molecular formula is C11H9BrClFN2OS. The van der Waals surface area contributed by atoms with Gasteiger partial charge < -0.3 is 5.32 Å². The number of nitrogens with one attached hydrogen (secondary N) is 1. The van der Waals surface area contributed by atoms with Crippen molar-refractivity contribution in [2.45, 2.75) is 18.2 Å². The number of rotatable bonds is 3. The zero-order chi connectivity index (χ0) is 13.3. The Kier molecular flexibility index (Phi) is 4.19. The van der Waals surface area contributed by atoms with Crippen LogP contribution in [0.4, 0.5) is 9.52 Å². The quantitative estimate of drug-likeness (QED) is 0.842. The normalized spacial score (nSPS) is 12.7. The number of aromatic nitrogens is 1. The third-order valence-electron chi connectivity index (χ3n) is 2.29. The molecule has 0 aliphatic carbocycles. The van der Waals surface area contributed by atoms with Crippen LogP contribution in [0, 0.1) is 5.82 Å². The number of benzene rings is 1. The van der Waals surface area contributed by atoms with Crippen LogP contribution >= 0.6 is 38.9 Å². The van der Waals surface area contributed by atoms with E-state index in [9.17, 15) is 9.18 Å². The van der Waals surface area contributed by atoms with Crippen molar-refractivity contribution >= 4 is 60.1 Å². The molecule has 18 heavy (non-hydrogen) atoms. The Morgan fingerprint density at radius 3 is 3.06 bits per heavy atom. The van der Waals surface area contributed by atoms with Gasteiger partial charge in [0.1, 0.15) is 11.3 Å². The number of carbonyl (C=O) groups is 1. The molecule has 0 spiro atoms. The Morgan fingerprint density at radius 2 is 2.39 bits per heavy atom. The van der Waals surface area contributed by atoms with Gasteiger partial charge >= 0.3 is 0 Å². The summed E-state index contributed by atoms with van der Waals surface area (Å²) in [5, 5.41) is 3.33. The van der Waals surface area contributed by atoms with Crippen LogP contribution in [0.3, 0.4) is 0 Å². The largest absolute Gasteiger partial charge is 0.301 e. The number of fused-ring (bicyclic) bond motifs is 1. The van der Waals surface area contributed by atoms with Crippen molar-refractivity contribution in [3.8, 4) is 0 Å². The van der Waals surface area contributed by atoms with Crippen LogP contribution in [0.1, 0.15) is 13.3 Å². The van der Waals surface area contributed by atoms with E-state index in [0.29, 0.717) is 21.8 Å². The van der Waals surface area contributed by atoms with E-state index in [-0.39, 0.29) is 15.8 Å². The van der Waals surface area contributed by atoms with Crippen LogP contribution in [-0.4, -0.2) is 15.7 Å². The molecule has 1 amide bonds. The lowest BCUT2D eigenvalue weighted by molar-refractivity contribution is -0.115. The van der Waals surface area contributed by atoms with Gasteiger partial charge in [0.25, 0.3) is 0 Å². The van der Waals surface area contributed by atoms with Gasteiger partial charge in [-0.3, -0.25) is 4.79 Å². The summed E-state index contributed by atoms with van der Waals surface area (Å²) in [7, 11) is 0. The molecule has 0 saturated carbocycles. The monoisotopic (exact) mass is 350 g/mol. The fourth-order valence-electron chi connectivity index (χ4n) is 1.38. The van der Waals surface area contributed by atoms with Crippen LogP contribution in [0.25, 0.3) is 10.2 Å². The number of alkyl halides is 1. The minimum absolute atomic E-state index is 0.173. The van der Waals surface area contributed by atoms with Crippen LogP contribution < -0.4 is 5.32 Å². The highest BCUT2D eigenvalue weighted by atomic mass is 79.9. The molecule has 1 atom stereocenters. The highest BCUT2D eigenvalue weighted by Crippen LogP contribution is 2.32. The molecule has 2 aromatic rings. The topological polar surface area (TPSA) is 42.0 Å². The Balaban J connectivity index is 2.31. The minimum Gasteiger partial charge on any atom is -0.301 e. The third-order valence-corrected chi connectivity index (χ3v) is 4.56. The van der Waals surface area contributed by atoms with E-state index in [0.717, 1.165) is 0 Å². The van der Waals surface area contributed by atoms with Gasteiger partial charge in [-0.1, -0.05) is 45.8 Å². The summed E-state index contributed by atoms with van der Waals surface area (Å²) < 4.78 is 13.8. The number of halogens is 3. The summed E-state index contributed by atoms with van der Waals surface area (Å²) in [4.78, 5) is 15.6. The van der Waals surface area contributed by atoms with E-state index in [1.807, 2.05) is 6.92 Å². The molecule has 0 saturated heterocycles. The predicted molar refractivity (Wildman–Crippen MR) is 76.2 cm³/mol. The smallest absolute Gasteiger partial charge is 0.239 e. The van der Waals surface area contributed by atoms with Crippen LogP contribution in [0.5, 0.6) is 0 Å². The molecule has 0 aliphatic rings. The van der Waals surface area contributed by atoms with Crippen molar-refractivity contribution < 1.29 is 9.18 Å². The van der Waals surface area contributed by atoms with E-state index in [4.69, 9.17) is 11.6 Å². The Hall–Kier alpha value is -0.720. The summed E-state index contributed by atoms with van der Waals surface area (Å²) in [6, 6.07) is 2.55. The van der Waals surface area contributed by atoms with E-state index in [2.05, 4.69) is 26.2 Å². The molecule has 0 bridgehead atoms. The first-order valence-corrected chi connectivity index (χ1v) is 7.32. The first-order valence-electron chi connectivity index (χ1n) is 5.21. The van der Waals surface area contributed by atoms with Crippen molar-refractivity contribution in [1.82, 2.24) is 4.98 Å². The molecular weight excluding hydrogens is 343 g/mol. The third kappa shape index (κ3) is 2.81. The number of amides is 1. The maximum atomic E-state index is 13.2. The van der Waals surface area contributed by atoms with Gasteiger partial charge in [0, 0.05) is 0 Å². The van der Waals surface area contributed by atoms with E-state index < -0.39 is 5.82 Å². The molecule has 1 aromatic heterocycles. The Morgan fingerprint density at radius 1 is 1.67 bits per heavy atom. The van der Waals surface area contributed by atoms with Crippen LogP contribution in [-0.2, 0) is 4.79 Å². The highest BCUT2D eigenvalue weighted by Gasteiger charge is 2.15. The average Bonchev–Trinajstić information content (AvgIpc) is 2.70. The summed E-state index contributed by atoms with van der Waals surface area (Å²) in [6.45, 7) is 1.89. The number of carbonyl (C=O) groups excluding carboxylic acids is 1. The van der Waals surface area contributed by atoms with Crippen molar-refractivity contribution in [1.29, 1.82) is 0 Å². The summed E-state index contributed by atoms with van der Waals surface area (Å²) in [5.74, 6) is -0.589. The molecule has 1 N–H and O–H groups in total. The molecule has 0 radical (unpaired) electrons. The number of nitrogens with zero attached hydrogens (tertiary/aromatic N) is 1. The SMILES string of the molecule is CCC(Br)C(=O)Nc1nc2c(Cl)cc(F)cc2s1. The summed E-state index contributed by atoms with van der Waals surface area (Å²) >= 11 is 10.3. The standard InChI is InChI=1S/C11H9BrClFN2OS/c1-2-6(12)10(17)16-11-15-9-7(13)3-5(14)4-8(9)18-11/h3-4,6H,2H2,1H3,(H,15,16,17). The second-order valence-electron chi connectivity index (χ2n) is 3.62. The maximum absolute atomic E-state index is 13.2. The summed E-state index contributed by atoms with van der Waals surface area (Å²) in [5.41, 5.74) is 0.501. The lowest BCUT2D eigenvalue weighted by atomic mass is 10.3. The maximum Gasteiger partial charge on any atom is 0.239 e. The van der Waals surface area contributed by atoms with Gasteiger partial charge in [0.2, 0.25) is 5.91 Å². The van der Waals surface area contributed by atoms with Gasteiger partial charge in [-0.15, -0.1) is 0 Å². The van der Waals surface area contributed by atoms with E-state index in [1.165, 1.54) is 23.5 Å². The minimum atomic E-state index is -0.416.